The number of benzene rings is 2. The van der Waals surface area contributed by atoms with Crippen molar-refractivity contribution in [2.75, 3.05) is 0 Å². The van der Waals surface area contributed by atoms with Crippen molar-refractivity contribution >= 4 is 0 Å². The molecule has 5 rings (SSSR count). The minimum absolute atomic E-state index is 0.0718. The number of hydrogen-bond acceptors (Lipinski definition) is 2. The predicted octanol–water partition coefficient (Wildman–Crippen LogP) is 2.47. The van der Waals surface area contributed by atoms with Gasteiger partial charge in [-0.2, -0.15) is 0 Å². The second kappa shape index (κ2) is 4.84. The quantitative estimate of drug-likeness (QED) is 0.728. The lowest BCUT2D eigenvalue weighted by atomic mass is 9.93. The summed E-state index contributed by atoms with van der Waals surface area (Å²) in [6.07, 6.45) is 1.80. The topological polar surface area (TPSA) is 48.9 Å². The third-order valence-electron chi connectivity index (χ3n) is 5.41. The number of hydrogen-bond donors (Lipinski definition) is 0. The van der Waals surface area contributed by atoms with Crippen LogP contribution in [-0.2, 0) is 0 Å². The number of para-hydroxylation sites is 1. The molecule has 1 saturated carbocycles. The van der Waals surface area contributed by atoms with Crippen LogP contribution in [-0.4, -0.2) is 13.9 Å². The van der Waals surface area contributed by atoms with Crippen LogP contribution in [0, 0.1) is 0 Å². The van der Waals surface area contributed by atoms with E-state index in [0.717, 1.165) is 12.8 Å². The smallest absolute Gasteiger partial charge is 0.245 e. The van der Waals surface area contributed by atoms with Crippen LogP contribution in [0.5, 0.6) is 0 Å². The monoisotopic (exact) mass is 319 g/mol. The Bertz CT molecular complexity index is 1010. The molecular formula is C19H17N3O2. The summed E-state index contributed by atoms with van der Waals surface area (Å²) in [5.74, 6) is 0.305. The minimum Gasteiger partial charge on any atom is -0.245 e. The molecule has 0 spiro atoms. The molecule has 2 bridgehead atoms. The van der Waals surface area contributed by atoms with Crippen molar-refractivity contribution in [3.05, 3.63) is 87.2 Å². The fourth-order valence-corrected chi connectivity index (χ4v) is 4.42. The maximum absolute atomic E-state index is 13.0. The largest absolute Gasteiger partial charge is 0.352 e. The third kappa shape index (κ3) is 1.69. The Morgan fingerprint density at radius 1 is 0.750 bits per heavy atom. The van der Waals surface area contributed by atoms with Gasteiger partial charge in [-0.1, -0.05) is 48.5 Å². The Morgan fingerprint density at radius 3 is 2.08 bits per heavy atom. The Morgan fingerprint density at radius 2 is 1.38 bits per heavy atom. The first kappa shape index (κ1) is 13.6. The molecule has 0 N–H and O–H groups in total. The van der Waals surface area contributed by atoms with E-state index < -0.39 is 0 Å². The minimum atomic E-state index is -0.223. The van der Waals surface area contributed by atoms with Crippen LogP contribution in [0.2, 0.25) is 0 Å². The lowest BCUT2D eigenvalue weighted by molar-refractivity contribution is 0.337. The molecule has 2 aliphatic rings. The molecule has 1 unspecified atom stereocenters. The summed E-state index contributed by atoms with van der Waals surface area (Å²) in [6, 6.07) is 19.7. The summed E-state index contributed by atoms with van der Waals surface area (Å²) in [5.41, 5.74) is 1.45. The maximum atomic E-state index is 13.0. The van der Waals surface area contributed by atoms with Gasteiger partial charge in [-0.05, 0) is 30.5 Å². The summed E-state index contributed by atoms with van der Waals surface area (Å²) < 4.78 is 4.67. The van der Waals surface area contributed by atoms with Gasteiger partial charge in [0.15, 0.2) is 0 Å². The SMILES string of the molecule is O=c1n(-c2ccccc2)c(=O)n2n1[C@H]1CC(c3ccccc3)[C@@H]2C1. The summed E-state index contributed by atoms with van der Waals surface area (Å²) >= 11 is 0. The van der Waals surface area contributed by atoms with Crippen molar-refractivity contribution < 1.29 is 0 Å². The van der Waals surface area contributed by atoms with Crippen molar-refractivity contribution in [1.82, 2.24) is 13.9 Å². The number of aromatic nitrogens is 3. The fraction of sp³-hybridized carbons (Fsp3) is 0.263. The van der Waals surface area contributed by atoms with Crippen molar-refractivity contribution in [3.8, 4) is 5.69 Å². The molecule has 1 aliphatic carbocycles. The van der Waals surface area contributed by atoms with Crippen LogP contribution in [0.1, 0.15) is 36.4 Å². The molecule has 1 aliphatic heterocycles. The van der Waals surface area contributed by atoms with Gasteiger partial charge in [0.1, 0.15) is 0 Å². The van der Waals surface area contributed by atoms with Gasteiger partial charge in [-0.3, -0.25) is 0 Å². The maximum Gasteiger partial charge on any atom is 0.352 e. The van der Waals surface area contributed by atoms with Gasteiger partial charge in [0.05, 0.1) is 17.8 Å². The average Bonchev–Trinajstić information content (AvgIpc) is 3.28. The summed E-state index contributed by atoms with van der Waals surface area (Å²) in [4.78, 5) is 25.8. The first-order valence-electron chi connectivity index (χ1n) is 8.32. The second-order valence-corrected chi connectivity index (χ2v) is 6.63. The highest BCUT2D eigenvalue weighted by Crippen LogP contribution is 2.51. The van der Waals surface area contributed by atoms with Gasteiger partial charge < -0.3 is 0 Å². The molecule has 24 heavy (non-hydrogen) atoms. The van der Waals surface area contributed by atoms with Crippen molar-refractivity contribution in [1.29, 1.82) is 0 Å². The Kier molecular flexibility index (Phi) is 2.74. The first-order chi connectivity index (χ1) is 11.8. The van der Waals surface area contributed by atoms with Crippen LogP contribution in [0.15, 0.2) is 70.3 Å². The molecule has 3 atom stereocenters. The molecule has 0 saturated heterocycles. The molecule has 0 amide bonds. The molecule has 3 aromatic rings. The molecule has 2 heterocycles. The van der Waals surface area contributed by atoms with Crippen molar-refractivity contribution in [2.24, 2.45) is 0 Å². The molecule has 1 aromatic heterocycles. The Hall–Kier alpha value is -2.82. The summed E-state index contributed by atoms with van der Waals surface area (Å²) in [6.45, 7) is 0. The van der Waals surface area contributed by atoms with Gasteiger partial charge in [0, 0.05) is 5.92 Å². The normalized spacial score (nSPS) is 24.2. The van der Waals surface area contributed by atoms with E-state index >= 15 is 0 Å². The van der Waals surface area contributed by atoms with Gasteiger partial charge in [-0.15, -0.1) is 0 Å². The zero-order valence-electron chi connectivity index (χ0n) is 13.1. The summed E-state index contributed by atoms with van der Waals surface area (Å²) in [5, 5.41) is 0. The van der Waals surface area contributed by atoms with Gasteiger partial charge in [0.2, 0.25) is 0 Å². The lowest BCUT2D eigenvalue weighted by Crippen LogP contribution is -2.31. The van der Waals surface area contributed by atoms with E-state index in [1.54, 1.807) is 21.5 Å². The Balaban J connectivity index is 1.67. The van der Waals surface area contributed by atoms with Crippen molar-refractivity contribution in [3.63, 3.8) is 0 Å². The molecule has 5 nitrogen and oxygen atoms in total. The van der Waals surface area contributed by atoms with Crippen molar-refractivity contribution in [2.45, 2.75) is 30.8 Å². The third-order valence-corrected chi connectivity index (χ3v) is 5.41. The molecule has 0 radical (unpaired) electrons. The highest BCUT2D eigenvalue weighted by atomic mass is 16.2. The van der Waals surface area contributed by atoms with Crippen LogP contribution in [0.3, 0.4) is 0 Å². The van der Waals surface area contributed by atoms with E-state index in [2.05, 4.69) is 12.1 Å². The van der Waals surface area contributed by atoms with E-state index in [9.17, 15) is 9.59 Å². The first-order valence-corrected chi connectivity index (χ1v) is 8.32. The molecule has 2 aromatic carbocycles. The average molecular weight is 319 g/mol. The summed E-state index contributed by atoms with van der Waals surface area (Å²) in [7, 11) is 0. The Labute approximate surface area is 138 Å². The molecule has 5 heteroatoms. The van der Waals surface area contributed by atoms with E-state index in [1.165, 1.54) is 10.1 Å². The van der Waals surface area contributed by atoms with Gasteiger partial charge in [0.25, 0.3) is 0 Å². The number of rotatable bonds is 2. The van der Waals surface area contributed by atoms with E-state index in [4.69, 9.17) is 0 Å². The number of nitrogens with zero attached hydrogens (tertiary/aromatic N) is 3. The molecule has 120 valence electrons. The van der Waals surface area contributed by atoms with Gasteiger partial charge >= 0.3 is 11.4 Å². The van der Waals surface area contributed by atoms with Crippen LogP contribution >= 0.6 is 0 Å². The van der Waals surface area contributed by atoms with Crippen LogP contribution < -0.4 is 11.4 Å². The molecule has 1 fully saturated rings. The van der Waals surface area contributed by atoms with Crippen LogP contribution in [0.4, 0.5) is 0 Å². The van der Waals surface area contributed by atoms with Crippen LogP contribution in [0.25, 0.3) is 5.69 Å². The highest BCUT2D eigenvalue weighted by Gasteiger charge is 2.47. The van der Waals surface area contributed by atoms with E-state index in [1.807, 2.05) is 36.4 Å². The zero-order valence-corrected chi connectivity index (χ0v) is 13.1. The molecular weight excluding hydrogens is 302 g/mol. The second-order valence-electron chi connectivity index (χ2n) is 6.63. The zero-order chi connectivity index (χ0) is 16.3. The highest BCUT2D eigenvalue weighted by molar-refractivity contribution is 5.31. The fourth-order valence-electron chi connectivity index (χ4n) is 4.42. The van der Waals surface area contributed by atoms with E-state index in [0.29, 0.717) is 11.6 Å². The lowest BCUT2D eigenvalue weighted by Gasteiger charge is -2.24. The number of fused-ring (bicyclic) bond motifs is 5. The standard InChI is InChI=1S/C19H17N3O2/c23-18-20(14-9-5-2-6-10-14)19(24)22-17-12-15(21(18)22)11-16(17)13-7-3-1-4-8-13/h1-10,15-17H,11-12H2/t15-,16?,17-/m0/s1. The predicted molar refractivity (Wildman–Crippen MR) is 90.8 cm³/mol. The van der Waals surface area contributed by atoms with Gasteiger partial charge in [-0.25, -0.2) is 23.5 Å². The van der Waals surface area contributed by atoms with E-state index in [-0.39, 0.29) is 23.5 Å².